The molecule has 0 aromatic heterocycles. The lowest BCUT2D eigenvalue weighted by molar-refractivity contribution is 0.426. The monoisotopic (exact) mass is 176 g/mol. The molecule has 0 N–H and O–H groups in total. The van der Waals surface area contributed by atoms with E-state index < -0.39 is 0 Å². The summed E-state index contributed by atoms with van der Waals surface area (Å²) in [5.74, 6) is 0.709. The van der Waals surface area contributed by atoms with E-state index in [1.807, 2.05) is 0 Å². The minimum absolute atomic E-state index is 0.233. The molecule has 1 aliphatic heterocycles. The van der Waals surface area contributed by atoms with Crippen molar-refractivity contribution < 1.29 is 0 Å². The van der Waals surface area contributed by atoms with Crippen LogP contribution < -0.4 is 0 Å². The van der Waals surface area contributed by atoms with Crippen LogP contribution in [0.4, 0.5) is 0 Å². The molecular formula is C11H16N2. The summed E-state index contributed by atoms with van der Waals surface area (Å²) in [6.45, 7) is 2.11. The average molecular weight is 176 g/mol. The Balaban J connectivity index is 1.78. The molecule has 0 radical (unpaired) electrons. The average Bonchev–Trinajstić information content (AvgIpc) is 2.90. The summed E-state index contributed by atoms with van der Waals surface area (Å²) >= 11 is 0. The predicted octanol–water partition coefficient (Wildman–Crippen LogP) is 1.94. The molecule has 13 heavy (non-hydrogen) atoms. The SMILES string of the molecule is N#CC1CN1CC1C=CCCCC1. The lowest BCUT2D eigenvalue weighted by Gasteiger charge is -2.10. The van der Waals surface area contributed by atoms with Crippen molar-refractivity contribution in [1.29, 1.82) is 5.26 Å². The first-order chi connectivity index (χ1) is 6.40. The third-order valence-electron chi connectivity index (χ3n) is 2.94. The summed E-state index contributed by atoms with van der Waals surface area (Å²) in [5.41, 5.74) is 0. The van der Waals surface area contributed by atoms with Crippen molar-refractivity contribution in [2.24, 2.45) is 5.92 Å². The number of nitrogens with zero attached hydrogens (tertiary/aromatic N) is 2. The predicted molar refractivity (Wildman–Crippen MR) is 52.1 cm³/mol. The van der Waals surface area contributed by atoms with Crippen LogP contribution in [0.25, 0.3) is 0 Å². The van der Waals surface area contributed by atoms with Crippen molar-refractivity contribution in [3.8, 4) is 6.07 Å². The van der Waals surface area contributed by atoms with Crippen LogP contribution in [0.15, 0.2) is 12.2 Å². The smallest absolute Gasteiger partial charge is 0.111 e. The minimum Gasteiger partial charge on any atom is -0.284 e. The standard InChI is InChI=1S/C11H16N2/c12-7-11-9-13(11)8-10-5-3-1-2-4-6-10/h3,5,10-11H,1-2,4,6,8-9H2. The van der Waals surface area contributed by atoms with Gasteiger partial charge in [0, 0.05) is 13.1 Å². The molecule has 1 aliphatic carbocycles. The van der Waals surface area contributed by atoms with Crippen molar-refractivity contribution in [2.45, 2.75) is 31.7 Å². The largest absolute Gasteiger partial charge is 0.284 e. The summed E-state index contributed by atoms with van der Waals surface area (Å²) in [6, 6.07) is 2.53. The lowest BCUT2D eigenvalue weighted by atomic mass is 10.0. The normalized spacial score (nSPS) is 37.9. The van der Waals surface area contributed by atoms with Gasteiger partial charge in [0.2, 0.25) is 0 Å². The van der Waals surface area contributed by atoms with Gasteiger partial charge in [0.15, 0.2) is 0 Å². The summed E-state index contributed by atoms with van der Waals surface area (Å²) < 4.78 is 0. The van der Waals surface area contributed by atoms with Gasteiger partial charge in [-0.25, -0.2) is 0 Å². The fourth-order valence-corrected chi connectivity index (χ4v) is 2.01. The molecule has 1 heterocycles. The van der Waals surface area contributed by atoms with E-state index in [-0.39, 0.29) is 6.04 Å². The van der Waals surface area contributed by atoms with Crippen molar-refractivity contribution >= 4 is 0 Å². The molecule has 2 nitrogen and oxygen atoms in total. The van der Waals surface area contributed by atoms with Gasteiger partial charge in [-0.1, -0.05) is 18.6 Å². The molecule has 0 aromatic carbocycles. The molecule has 0 aromatic rings. The first-order valence-corrected chi connectivity index (χ1v) is 5.20. The van der Waals surface area contributed by atoms with Crippen LogP contribution in [0.1, 0.15) is 25.7 Å². The first kappa shape index (κ1) is 8.77. The summed E-state index contributed by atoms with van der Waals surface area (Å²) in [5, 5.41) is 8.65. The molecule has 2 aliphatic rings. The van der Waals surface area contributed by atoms with Crippen molar-refractivity contribution in [3.63, 3.8) is 0 Å². The van der Waals surface area contributed by atoms with Gasteiger partial charge in [-0.05, 0) is 25.2 Å². The number of hydrogen-bond donors (Lipinski definition) is 0. The highest BCUT2D eigenvalue weighted by Crippen LogP contribution is 2.23. The maximum atomic E-state index is 8.65. The van der Waals surface area contributed by atoms with E-state index in [2.05, 4.69) is 23.1 Å². The molecule has 1 saturated heterocycles. The van der Waals surface area contributed by atoms with Crippen LogP contribution in [0.3, 0.4) is 0 Å². The van der Waals surface area contributed by atoms with Crippen LogP contribution in [-0.4, -0.2) is 24.0 Å². The third kappa shape index (κ3) is 2.32. The Labute approximate surface area is 79.8 Å². The van der Waals surface area contributed by atoms with Gasteiger partial charge in [-0.15, -0.1) is 0 Å². The van der Waals surface area contributed by atoms with Crippen molar-refractivity contribution in [1.82, 2.24) is 4.90 Å². The second-order valence-corrected chi connectivity index (χ2v) is 4.07. The summed E-state index contributed by atoms with van der Waals surface area (Å²) in [4.78, 5) is 2.26. The molecule has 0 saturated carbocycles. The fraction of sp³-hybridized carbons (Fsp3) is 0.727. The Kier molecular flexibility index (Phi) is 2.65. The quantitative estimate of drug-likeness (QED) is 0.475. The molecule has 70 valence electrons. The second-order valence-electron chi connectivity index (χ2n) is 4.07. The van der Waals surface area contributed by atoms with Gasteiger partial charge >= 0.3 is 0 Å². The zero-order valence-corrected chi connectivity index (χ0v) is 7.95. The Bertz CT molecular complexity index is 239. The van der Waals surface area contributed by atoms with Gasteiger partial charge in [-0.3, -0.25) is 4.90 Å². The van der Waals surface area contributed by atoms with E-state index >= 15 is 0 Å². The number of allylic oxidation sites excluding steroid dienone is 1. The van der Waals surface area contributed by atoms with E-state index in [4.69, 9.17) is 5.26 Å². The molecule has 3 atom stereocenters. The van der Waals surface area contributed by atoms with Gasteiger partial charge in [0.25, 0.3) is 0 Å². The number of hydrogen-bond acceptors (Lipinski definition) is 2. The molecular weight excluding hydrogens is 160 g/mol. The molecule has 1 fully saturated rings. The second kappa shape index (κ2) is 3.93. The van der Waals surface area contributed by atoms with Crippen LogP contribution in [0.2, 0.25) is 0 Å². The Morgan fingerprint density at radius 3 is 3.15 bits per heavy atom. The minimum atomic E-state index is 0.233. The van der Waals surface area contributed by atoms with E-state index in [0.29, 0.717) is 5.92 Å². The zero-order valence-electron chi connectivity index (χ0n) is 7.95. The molecule has 0 bridgehead atoms. The first-order valence-electron chi connectivity index (χ1n) is 5.20. The Morgan fingerprint density at radius 2 is 2.38 bits per heavy atom. The van der Waals surface area contributed by atoms with Gasteiger partial charge in [-0.2, -0.15) is 5.26 Å². The molecule has 2 heteroatoms. The van der Waals surface area contributed by atoms with E-state index in [1.165, 1.54) is 25.7 Å². The van der Waals surface area contributed by atoms with Gasteiger partial charge < -0.3 is 0 Å². The lowest BCUT2D eigenvalue weighted by Crippen LogP contribution is -2.12. The maximum Gasteiger partial charge on any atom is 0.111 e. The van der Waals surface area contributed by atoms with Gasteiger partial charge in [0.1, 0.15) is 6.04 Å². The molecule has 0 amide bonds. The molecule has 2 rings (SSSR count). The highest BCUT2D eigenvalue weighted by Gasteiger charge is 2.34. The molecule has 3 unspecified atom stereocenters. The third-order valence-corrected chi connectivity index (χ3v) is 2.94. The molecule has 0 spiro atoms. The maximum absolute atomic E-state index is 8.65. The summed E-state index contributed by atoms with van der Waals surface area (Å²) in [6.07, 6.45) is 9.91. The number of rotatable bonds is 2. The van der Waals surface area contributed by atoms with Crippen molar-refractivity contribution in [2.75, 3.05) is 13.1 Å². The van der Waals surface area contributed by atoms with Gasteiger partial charge in [0.05, 0.1) is 6.07 Å². The van der Waals surface area contributed by atoms with E-state index in [0.717, 1.165) is 13.1 Å². The highest BCUT2D eigenvalue weighted by atomic mass is 15.3. The Morgan fingerprint density at radius 1 is 1.46 bits per heavy atom. The topological polar surface area (TPSA) is 26.8 Å². The fourth-order valence-electron chi connectivity index (χ4n) is 2.01. The van der Waals surface area contributed by atoms with Crippen LogP contribution in [0.5, 0.6) is 0 Å². The van der Waals surface area contributed by atoms with Crippen LogP contribution in [-0.2, 0) is 0 Å². The Hall–Kier alpha value is -0.810. The highest BCUT2D eigenvalue weighted by molar-refractivity contribution is 5.07. The van der Waals surface area contributed by atoms with E-state index in [1.54, 1.807) is 0 Å². The summed E-state index contributed by atoms with van der Waals surface area (Å²) in [7, 11) is 0. The van der Waals surface area contributed by atoms with Crippen LogP contribution in [0, 0.1) is 17.2 Å². The zero-order chi connectivity index (χ0) is 9.10. The van der Waals surface area contributed by atoms with Crippen molar-refractivity contribution in [3.05, 3.63) is 12.2 Å². The van der Waals surface area contributed by atoms with E-state index in [9.17, 15) is 0 Å². The van der Waals surface area contributed by atoms with Crippen LogP contribution >= 0.6 is 0 Å². The number of nitriles is 1.